The molecule has 0 amide bonds. The summed E-state index contributed by atoms with van der Waals surface area (Å²) >= 11 is 3.21. The highest BCUT2D eigenvalue weighted by atomic mass is 79.9. The van der Waals surface area contributed by atoms with Gasteiger partial charge in [-0.25, -0.2) is 0 Å². The van der Waals surface area contributed by atoms with Gasteiger partial charge < -0.3 is 9.84 Å². The van der Waals surface area contributed by atoms with Gasteiger partial charge >= 0.3 is 0 Å². The van der Waals surface area contributed by atoms with Crippen molar-refractivity contribution in [3.05, 3.63) is 29.8 Å². The number of hydrogen-bond donors (Lipinski definition) is 1. The Morgan fingerprint density at radius 1 is 1.42 bits per heavy atom. The van der Waals surface area contributed by atoms with Gasteiger partial charge in [-0.2, -0.15) is 0 Å². The number of benzene rings is 1. The summed E-state index contributed by atoms with van der Waals surface area (Å²) in [6.07, 6.45) is -0.434. The van der Waals surface area contributed by atoms with Gasteiger partial charge in [0.05, 0.1) is 13.2 Å². The average molecular weight is 231 g/mol. The molecule has 0 bridgehead atoms. The molecule has 3 heteroatoms. The van der Waals surface area contributed by atoms with Gasteiger partial charge in [-0.15, -0.1) is 0 Å². The zero-order valence-electron chi connectivity index (χ0n) is 6.83. The Morgan fingerprint density at radius 3 is 2.42 bits per heavy atom. The molecule has 1 aromatic rings. The van der Waals surface area contributed by atoms with Crippen LogP contribution in [0.15, 0.2) is 24.3 Å². The highest BCUT2D eigenvalue weighted by Crippen LogP contribution is 2.18. The fourth-order valence-corrected chi connectivity index (χ4v) is 1.29. The summed E-state index contributed by atoms with van der Waals surface area (Å²) in [6, 6.07) is 7.37. The summed E-state index contributed by atoms with van der Waals surface area (Å²) in [5.74, 6) is 0.806. The van der Waals surface area contributed by atoms with Crippen LogP contribution in [0, 0.1) is 0 Å². The SMILES string of the molecule is COc1ccc([C@H](O)CBr)cc1. The highest BCUT2D eigenvalue weighted by Gasteiger charge is 2.04. The highest BCUT2D eigenvalue weighted by molar-refractivity contribution is 9.09. The van der Waals surface area contributed by atoms with Crippen LogP contribution in [0.1, 0.15) is 11.7 Å². The van der Waals surface area contributed by atoms with E-state index < -0.39 is 6.10 Å². The third-order valence-electron chi connectivity index (χ3n) is 1.65. The molecule has 0 saturated heterocycles. The standard InChI is InChI=1S/C9H11BrO2/c1-12-8-4-2-7(3-5-8)9(11)6-10/h2-5,9,11H,6H2,1H3/t9-/m1/s1. The summed E-state index contributed by atoms with van der Waals surface area (Å²) in [5, 5.41) is 9.96. The molecule has 0 fully saturated rings. The van der Waals surface area contributed by atoms with Crippen molar-refractivity contribution >= 4 is 15.9 Å². The van der Waals surface area contributed by atoms with E-state index in [1.54, 1.807) is 7.11 Å². The number of hydrogen-bond acceptors (Lipinski definition) is 2. The lowest BCUT2D eigenvalue weighted by Gasteiger charge is -2.07. The van der Waals surface area contributed by atoms with Crippen LogP contribution in [0.5, 0.6) is 5.75 Å². The molecule has 0 aliphatic rings. The molecule has 0 radical (unpaired) electrons. The van der Waals surface area contributed by atoms with Crippen molar-refractivity contribution in [2.24, 2.45) is 0 Å². The van der Waals surface area contributed by atoms with Crippen molar-refractivity contribution in [1.29, 1.82) is 0 Å². The molecule has 0 spiro atoms. The normalized spacial score (nSPS) is 12.6. The van der Waals surface area contributed by atoms with Crippen LogP contribution in [0.2, 0.25) is 0 Å². The zero-order valence-corrected chi connectivity index (χ0v) is 8.41. The summed E-state index contributed by atoms with van der Waals surface area (Å²) in [5.41, 5.74) is 0.896. The second-order valence-electron chi connectivity index (χ2n) is 2.44. The smallest absolute Gasteiger partial charge is 0.118 e. The molecule has 0 saturated carbocycles. The third-order valence-corrected chi connectivity index (χ3v) is 2.26. The zero-order chi connectivity index (χ0) is 8.97. The van der Waals surface area contributed by atoms with Crippen LogP contribution in [-0.2, 0) is 0 Å². The van der Waals surface area contributed by atoms with Gasteiger partial charge in [-0.05, 0) is 17.7 Å². The Bertz CT molecular complexity index is 233. The van der Waals surface area contributed by atoms with Gasteiger partial charge in [-0.1, -0.05) is 28.1 Å². The van der Waals surface area contributed by atoms with Gasteiger partial charge in [0.1, 0.15) is 5.75 Å². The van der Waals surface area contributed by atoms with Gasteiger partial charge in [-0.3, -0.25) is 0 Å². The predicted octanol–water partition coefficient (Wildman–Crippen LogP) is 2.12. The van der Waals surface area contributed by atoms with Crippen LogP contribution in [-0.4, -0.2) is 17.5 Å². The molecule has 0 unspecified atom stereocenters. The van der Waals surface area contributed by atoms with Crippen LogP contribution in [0.3, 0.4) is 0 Å². The number of halogens is 1. The van der Waals surface area contributed by atoms with Crippen molar-refractivity contribution in [1.82, 2.24) is 0 Å². The van der Waals surface area contributed by atoms with Gasteiger partial charge in [0.2, 0.25) is 0 Å². The largest absolute Gasteiger partial charge is 0.497 e. The Morgan fingerprint density at radius 2 is 2.00 bits per heavy atom. The molecule has 2 nitrogen and oxygen atoms in total. The summed E-state index contributed by atoms with van der Waals surface area (Å²) < 4.78 is 4.99. The van der Waals surface area contributed by atoms with Gasteiger partial charge in [0.25, 0.3) is 0 Å². The van der Waals surface area contributed by atoms with Crippen LogP contribution >= 0.6 is 15.9 Å². The monoisotopic (exact) mass is 230 g/mol. The number of alkyl halides is 1. The van der Waals surface area contributed by atoms with Crippen LogP contribution in [0.25, 0.3) is 0 Å². The van der Waals surface area contributed by atoms with E-state index in [-0.39, 0.29) is 0 Å². The summed E-state index contributed by atoms with van der Waals surface area (Å²) in [6.45, 7) is 0. The van der Waals surface area contributed by atoms with E-state index in [4.69, 9.17) is 4.74 Å². The van der Waals surface area contributed by atoms with Crippen molar-refractivity contribution in [3.8, 4) is 5.75 Å². The lowest BCUT2D eigenvalue weighted by atomic mass is 10.1. The van der Waals surface area contributed by atoms with Crippen molar-refractivity contribution < 1.29 is 9.84 Å². The first kappa shape index (κ1) is 9.55. The molecular formula is C9H11BrO2. The van der Waals surface area contributed by atoms with Crippen LogP contribution in [0.4, 0.5) is 0 Å². The first-order valence-corrected chi connectivity index (χ1v) is 4.78. The predicted molar refractivity (Wildman–Crippen MR) is 51.7 cm³/mol. The maximum absolute atomic E-state index is 9.41. The molecule has 1 N–H and O–H groups in total. The van der Waals surface area contributed by atoms with E-state index in [1.807, 2.05) is 24.3 Å². The van der Waals surface area contributed by atoms with Gasteiger partial charge in [0, 0.05) is 5.33 Å². The molecule has 1 aromatic carbocycles. The lowest BCUT2D eigenvalue weighted by Crippen LogP contribution is -1.97. The minimum atomic E-state index is -0.434. The third kappa shape index (κ3) is 2.22. The van der Waals surface area contributed by atoms with Gasteiger partial charge in [0.15, 0.2) is 0 Å². The number of rotatable bonds is 3. The molecule has 0 heterocycles. The molecule has 12 heavy (non-hydrogen) atoms. The van der Waals surface area contributed by atoms with Crippen molar-refractivity contribution in [2.45, 2.75) is 6.10 Å². The Labute approximate surface area is 80.3 Å². The van der Waals surface area contributed by atoms with E-state index >= 15 is 0 Å². The molecule has 0 aromatic heterocycles. The quantitative estimate of drug-likeness (QED) is 0.807. The molecular weight excluding hydrogens is 220 g/mol. The number of aliphatic hydroxyl groups is 1. The first-order chi connectivity index (χ1) is 5.77. The molecule has 1 atom stereocenters. The van der Waals surface area contributed by atoms with Crippen molar-refractivity contribution in [3.63, 3.8) is 0 Å². The van der Waals surface area contributed by atoms with Crippen molar-refractivity contribution in [2.75, 3.05) is 12.4 Å². The van der Waals surface area contributed by atoms with Crippen LogP contribution < -0.4 is 4.74 Å². The average Bonchev–Trinajstić information content (AvgIpc) is 2.17. The topological polar surface area (TPSA) is 29.5 Å². The maximum atomic E-state index is 9.41. The Kier molecular flexibility index (Phi) is 3.56. The molecule has 0 aliphatic heterocycles. The van der Waals surface area contributed by atoms with E-state index in [2.05, 4.69) is 15.9 Å². The Hall–Kier alpha value is -0.540. The minimum Gasteiger partial charge on any atom is -0.497 e. The second kappa shape index (κ2) is 4.48. The minimum absolute atomic E-state index is 0.434. The number of methoxy groups -OCH3 is 1. The lowest BCUT2D eigenvalue weighted by molar-refractivity contribution is 0.205. The van der Waals surface area contributed by atoms with E-state index in [0.29, 0.717) is 5.33 Å². The van der Waals surface area contributed by atoms with E-state index in [1.165, 1.54) is 0 Å². The second-order valence-corrected chi connectivity index (χ2v) is 3.09. The molecule has 66 valence electrons. The molecule has 0 aliphatic carbocycles. The molecule has 1 rings (SSSR count). The fourth-order valence-electron chi connectivity index (χ4n) is 0.915. The van der Waals surface area contributed by atoms with E-state index in [0.717, 1.165) is 11.3 Å². The maximum Gasteiger partial charge on any atom is 0.118 e. The summed E-state index contributed by atoms with van der Waals surface area (Å²) in [4.78, 5) is 0. The number of ether oxygens (including phenoxy) is 1. The summed E-state index contributed by atoms with van der Waals surface area (Å²) in [7, 11) is 1.62. The number of aliphatic hydroxyl groups excluding tert-OH is 1. The first-order valence-electron chi connectivity index (χ1n) is 3.66. The Balaban J connectivity index is 2.77. The van der Waals surface area contributed by atoms with E-state index in [9.17, 15) is 5.11 Å². The fraction of sp³-hybridized carbons (Fsp3) is 0.333.